The lowest BCUT2D eigenvalue weighted by Crippen LogP contribution is -2.11. The number of hydrogen-bond donors (Lipinski definition) is 1. The zero-order valence-corrected chi connectivity index (χ0v) is 9.96. The zero-order chi connectivity index (χ0) is 12.5. The molecule has 3 rings (SSSR count). The molecule has 0 bridgehead atoms. The number of amidine groups is 2. The minimum Gasteiger partial charge on any atom is -0.382 e. The standard InChI is InChI=1S/C14H12N4/c1-9-4-6-10(7-5-9)17-14-11-3-2-8-16-12(11)13(15)18-14/h2-8H,1H3,(H2,15,17,18). The lowest BCUT2D eigenvalue weighted by molar-refractivity contribution is 1.28. The molecule has 0 fully saturated rings. The Morgan fingerprint density at radius 3 is 2.67 bits per heavy atom. The third-order valence-corrected chi connectivity index (χ3v) is 2.79. The number of hydrogen-bond acceptors (Lipinski definition) is 3. The molecule has 2 aromatic rings. The summed E-state index contributed by atoms with van der Waals surface area (Å²) in [6.45, 7) is 2.04. The molecule has 0 aliphatic carbocycles. The van der Waals surface area contributed by atoms with Gasteiger partial charge in [0.25, 0.3) is 0 Å². The van der Waals surface area contributed by atoms with Gasteiger partial charge >= 0.3 is 0 Å². The molecule has 0 saturated carbocycles. The van der Waals surface area contributed by atoms with Crippen molar-refractivity contribution >= 4 is 17.4 Å². The highest BCUT2D eigenvalue weighted by atomic mass is 15.0. The number of fused-ring (bicyclic) bond motifs is 1. The molecular weight excluding hydrogens is 224 g/mol. The minimum atomic E-state index is 0.427. The molecule has 1 aliphatic heterocycles. The van der Waals surface area contributed by atoms with E-state index in [1.807, 2.05) is 43.3 Å². The third-order valence-electron chi connectivity index (χ3n) is 2.79. The van der Waals surface area contributed by atoms with Crippen molar-refractivity contribution in [3.8, 4) is 0 Å². The van der Waals surface area contributed by atoms with Crippen LogP contribution in [0.4, 0.5) is 5.69 Å². The summed E-state index contributed by atoms with van der Waals surface area (Å²) in [6.07, 6.45) is 1.70. The van der Waals surface area contributed by atoms with E-state index in [0.29, 0.717) is 17.4 Å². The van der Waals surface area contributed by atoms with Crippen molar-refractivity contribution in [2.24, 2.45) is 15.7 Å². The molecule has 0 radical (unpaired) electrons. The van der Waals surface area contributed by atoms with Crippen LogP contribution in [0.2, 0.25) is 0 Å². The van der Waals surface area contributed by atoms with Gasteiger partial charge in [-0.05, 0) is 31.2 Å². The minimum absolute atomic E-state index is 0.427. The number of aliphatic imine (C=N–C) groups is 2. The Morgan fingerprint density at radius 1 is 1.11 bits per heavy atom. The fourth-order valence-corrected chi connectivity index (χ4v) is 1.84. The van der Waals surface area contributed by atoms with Gasteiger partial charge in [-0.2, -0.15) is 0 Å². The van der Waals surface area contributed by atoms with Gasteiger partial charge in [-0.25, -0.2) is 9.98 Å². The van der Waals surface area contributed by atoms with Crippen LogP contribution in [0.25, 0.3) is 0 Å². The van der Waals surface area contributed by atoms with Gasteiger partial charge in [0.15, 0.2) is 11.7 Å². The predicted octanol–water partition coefficient (Wildman–Crippen LogP) is 2.19. The van der Waals surface area contributed by atoms with Crippen molar-refractivity contribution in [1.29, 1.82) is 0 Å². The molecule has 1 aromatic carbocycles. The molecule has 0 unspecified atom stereocenters. The summed E-state index contributed by atoms with van der Waals surface area (Å²) in [5.74, 6) is 1.05. The number of nitrogens with two attached hydrogens (primary N) is 1. The largest absolute Gasteiger partial charge is 0.382 e. The lowest BCUT2D eigenvalue weighted by atomic mass is 10.2. The van der Waals surface area contributed by atoms with Gasteiger partial charge in [-0.3, -0.25) is 4.98 Å². The van der Waals surface area contributed by atoms with E-state index in [-0.39, 0.29) is 0 Å². The molecule has 1 aliphatic rings. The summed E-state index contributed by atoms with van der Waals surface area (Å²) >= 11 is 0. The first-order chi connectivity index (χ1) is 8.74. The number of benzene rings is 1. The second-order valence-electron chi connectivity index (χ2n) is 4.17. The number of pyridine rings is 1. The summed E-state index contributed by atoms with van der Waals surface area (Å²) in [5, 5.41) is 0. The summed E-state index contributed by atoms with van der Waals surface area (Å²) in [5.41, 5.74) is 9.49. The van der Waals surface area contributed by atoms with Crippen molar-refractivity contribution in [2.75, 3.05) is 0 Å². The molecule has 2 heterocycles. The fourth-order valence-electron chi connectivity index (χ4n) is 1.84. The van der Waals surface area contributed by atoms with E-state index in [2.05, 4.69) is 15.0 Å². The molecule has 0 atom stereocenters. The summed E-state index contributed by atoms with van der Waals surface area (Å²) < 4.78 is 0. The van der Waals surface area contributed by atoms with Crippen LogP contribution in [0.1, 0.15) is 16.8 Å². The van der Waals surface area contributed by atoms with E-state index in [9.17, 15) is 0 Å². The quantitative estimate of drug-likeness (QED) is 0.824. The van der Waals surface area contributed by atoms with E-state index < -0.39 is 0 Å². The maximum Gasteiger partial charge on any atom is 0.164 e. The Hall–Kier alpha value is -2.49. The summed E-state index contributed by atoms with van der Waals surface area (Å²) in [7, 11) is 0. The Morgan fingerprint density at radius 2 is 1.89 bits per heavy atom. The molecule has 2 N–H and O–H groups in total. The van der Waals surface area contributed by atoms with Crippen LogP contribution < -0.4 is 5.73 Å². The highest BCUT2D eigenvalue weighted by Gasteiger charge is 2.20. The number of aromatic nitrogens is 1. The molecule has 1 aromatic heterocycles. The number of aryl methyl sites for hydroxylation is 1. The van der Waals surface area contributed by atoms with Gasteiger partial charge < -0.3 is 5.73 Å². The van der Waals surface area contributed by atoms with Crippen LogP contribution in [-0.2, 0) is 0 Å². The van der Waals surface area contributed by atoms with Crippen LogP contribution in [-0.4, -0.2) is 16.7 Å². The Labute approximate surface area is 105 Å². The second kappa shape index (κ2) is 4.07. The van der Waals surface area contributed by atoms with Gasteiger partial charge in [0, 0.05) is 11.8 Å². The van der Waals surface area contributed by atoms with E-state index in [1.165, 1.54) is 5.56 Å². The highest BCUT2D eigenvalue weighted by molar-refractivity contribution is 6.21. The van der Waals surface area contributed by atoms with Crippen molar-refractivity contribution in [2.45, 2.75) is 6.92 Å². The van der Waals surface area contributed by atoms with Gasteiger partial charge in [0.05, 0.1) is 5.69 Å². The normalized spacial score (nSPS) is 15.6. The first-order valence-corrected chi connectivity index (χ1v) is 5.69. The number of nitrogens with zero attached hydrogens (tertiary/aromatic N) is 3. The van der Waals surface area contributed by atoms with Crippen LogP contribution in [0.15, 0.2) is 52.6 Å². The van der Waals surface area contributed by atoms with Gasteiger partial charge in [0.1, 0.15) is 5.69 Å². The highest BCUT2D eigenvalue weighted by Crippen LogP contribution is 2.20. The Bertz CT molecular complexity index is 654. The maximum absolute atomic E-state index is 5.82. The topological polar surface area (TPSA) is 63.6 Å². The smallest absolute Gasteiger partial charge is 0.164 e. The van der Waals surface area contributed by atoms with Gasteiger partial charge in [0.2, 0.25) is 0 Å². The van der Waals surface area contributed by atoms with Crippen LogP contribution in [0.3, 0.4) is 0 Å². The second-order valence-corrected chi connectivity index (χ2v) is 4.17. The van der Waals surface area contributed by atoms with E-state index >= 15 is 0 Å². The average Bonchev–Trinajstić information content (AvgIpc) is 2.70. The van der Waals surface area contributed by atoms with Crippen LogP contribution in [0.5, 0.6) is 0 Å². The van der Waals surface area contributed by atoms with Gasteiger partial charge in [-0.15, -0.1) is 0 Å². The molecule has 88 valence electrons. The van der Waals surface area contributed by atoms with Crippen LogP contribution >= 0.6 is 0 Å². The van der Waals surface area contributed by atoms with Gasteiger partial charge in [-0.1, -0.05) is 17.7 Å². The monoisotopic (exact) mass is 236 g/mol. The third kappa shape index (κ3) is 1.78. The van der Waals surface area contributed by atoms with E-state index in [4.69, 9.17) is 5.73 Å². The van der Waals surface area contributed by atoms with Crippen molar-refractivity contribution in [3.63, 3.8) is 0 Å². The first kappa shape index (κ1) is 10.7. The number of rotatable bonds is 1. The Kier molecular flexibility index (Phi) is 2.41. The van der Waals surface area contributed by atoms with Crippen molar-refractivity contribution < 1.29 is 0 Å². The molecule has 0 saturated heterocycles. The fraction of sp³-hybridized carbons (Fsp3) is 0.0714. The van der Waals surface area contributed by atoms with E-state index in [0.717, 1.165) is 11.3 Å². The Balaban J connectivity index is 2.07. The molecule has 0 amide bonds. The van der Waals surface area contributed by atoms with Crippen molar-refractivity contribution in [3.05, 3.63) is 59.4 Å². The van der Waals surface area contributed by atoms with Crippen molar-refractivity contribution in [1.82, 2.24) is 4.98 Å². The summed E-state index contributed by atoms with van der Waals surface area (Å²) in [4.78, 5) is 13.0. The van der Waals surface area contributed by atoms with E-state index in [1.54, 1.807) is 6.20 Å². The molecular formula is C14H12N4. The zero-order valence-electron chi connectivity index (χ0n) is 9.96. The summed E-state index contributed by atoms with van der Waals surface area (Å²) in [6, 6.07) is 11.7. The molecule has 18 heavy (non-hydrogen) atoms. The molecule has 0 spiro atoms. The lowest BCUT2D eigenvalue weighted by Gasteiger charge is -1.98. The molecule has 4 nitrogen and oxygen atoms in total. The SMILES string of the molecule is Cc1ccc(N=C2N=C(N)c3ncccc32)cc1. The predicted molar refractivity (Wildman–Crippen MR) is 72.3 cm³/mol. The molecule has 4 heteroatoms. The van der Waals surface area contributed by atoms with Crippen LogP contribution in [0, 0.1) is 6.92 Å². The average molecular weight is 236 g/mol. The first-order valence-electron chi connectivity index (χ1n) is 5.69. The maximum atomic E-state index is 5.82.